The van der Waals surface area contributed by atoms with Crippen molar-refractivity contribution in [3.8, 4) is 17.5 Å². The molecular formula is C37H41ClFN7O3. The van der Waals surface area contributed by atoms with Crippen LogP contribution in [0.3, 0.4) is 0 Å². The molecule has 7 rings (SSSR count). The van der Waals surface area contributed by atoms with Gasteiger partial charge in [0.05, 0.1) is 11.3 Å². The first-order valence-corrected chi connectivity index (χ1v) is 17.3. The van der Waals surface area contributed by atoms with Crippen LogP contribution in [-0.2, 0) is 13.1 Å². The van der Waals surface area contributed by atoms with E-state index in [0.717, 1.165) is 57.0 Å². The first-order chi connectivity index (χ1) is 23.6. The van der Waals surface area contributed by atoms with E-state index in [-0.39, 0.29) is 45.9 Å². The first-order valence-electron chi connectivity index (χ1n) is 17.0. The van der Waals surface area contributed by atoms with Gasteiger partial charge < -0.3 is 19.3 Å². The lowest BCUT2D eigenvalue weighted by Gasteiger charge is -2.58. The Balaban J connectivity index is 0.989. The molecule has 49 heavy (non-hydrogen) atoms. The van der Waals surface area contributed by atoms with Gasteiger partial charge in [-0.25, -0.2) is 4.39 Å². The van der Waals surface area contributed by atoms with E-state index in [2.05, 4.69) is 62.2 Å². The minimum absolute atomic E-state index is 0.0681. The average Bonchev–Trinajstić information content (AvgIpc) is 3.04. The summed E-state index contributed by atoms with van der Waals surface area (Å²) in [5, 5.41) is 8.25. The molecule has 10 nitrogen and oxygen atoms in total. The summed E-state index contributed by atoms with van der Waals surface area (Å²) in [7, 11) is 0. The first kappa shape index (κ1) is 33.2. The Morgan fingerprint density at radius 2 is 1.88 bits per heavy atom. The number of fused-ring (bicyclic) bond motifs is 1. The molecule has 1 aliphatic carbocycles. The molecule has 12 heteroatoms. The number of amides is 1. The van der Waals surface area contributed by atoms with Crippen LogP contribution in [0.4, 0.5) is 10.2 Å². The van der Waals surface area contributed by atoms with Gasteiger partial charge in [-0.3, -0.25) is 14.7 Å². The van der Waals surface area contributed by atoms with Crippen molar-refractivity contribution in [2.75, 3.05) is 31.1 Å². The molecule has 1 spiro atoms. The van der Waals surface area contributed by atoms with Crippen molar-refractivity contribution >= 4 is 23.3 Å². The molecule has 3 aliphatic rings. The fourth-order valence-electron chi connectivity index (χ4n) is 7.54. The summed E-state index contributed by atoms with van der Waals surface area (Å²) in [5.41, 5.74) is 3.83. The summed E-state index contributed by atoms with van der Waals surface area (Å²) < 4.78 is 26.8. The minimum atomic E-state index is -0.539. The van der Waals surface area contributed by atoms with Crippen molar-refractivity contribution in [2.24, 2.45) is 5.41 Å². The molecule has 0 N–H and O–H groups in total. The van der Waals surface area contributed by atoms with Gasteiger partial charge in [-0.15, -0.1) is 5.10 Å². The van der Waals surface area contributed by atoms with Crippen LogP contribution < -0.4 is 14.4 Å². The van der Waals surface area contributed by atoms with E-state index in [9.17, 15) is 9.18 Å². The predicted molar refractivity (Wildman–Crippen MR) is 185 cm³/mol. The third kappa shape index (κ3) is 6.78. The quantitative estimate of drug-likeness (QED) is 0.177. The number of carbonyl (C=O) groups is 1. The van der Waals surface area contributed by atoms with Gasteiger partial charge in [0, 0.05) is 68.4 Å². The normalized spacial score (nSPS) is 18.5. The van der Waals surface area contributed by atoms with Crippen LogP contribution in [0.5, 0.6) is 17.5 Å². The van der Waals surface area contributed by atoms with E-state index < -0.39 is 5.82 Å². The SMILES string of the molecule is CCN(C(=O)c1cc(F)ccc1Oc1nnc(Cl)c(N2CC3(CC(Oc4ccnc5c4CN(Cc4ccccc4)CC5C)C3)C2)n1)C(C)C. The monoisotopic (exact) mass is 685 g/mol. The lowest BCUT2D eigenvalue weighted by atomic mass is 9.61. The number of halogens is 2. The number of benzene rings is 2. The molecule has 256 valence electrons. The molecule has 0 bridgehead atoms. The largest absolute Gasteiger partial charge is 0.490 e. The summed E-state index contributed by atoms with van der Waals surface area (Å²) in [6.45, 7) is 12.6. The van der Waals surface area contributed by atoms with E-state index >= 15 is 0 Å². The molecule has 1 amide bonds. The molecule has 1 unspecified atom stereocenters. The van der Waals surface area contributed by atoms with Gasteiger partial charge in [-0.2, -0.15) is 4.98 Å². The van der Waals surface area contributed by atoms with Crippen LogP contribution in [-0.4, -0.2) is 74.2 Å². The lowest BCUT2D eigenvalue weighted by Crippen LogP contribution is -2.65. The van der Waals surface area contributed by atoms with Gasteiger partial charge >= 0.3 is 6.01 Å². The van der Waals surface area contributed by atoms with Crippen molar-refractivity contribution in [3.63, 3.8) is 0 Å². The molecule has 0 radical (unpaired) electrons. The summed E-state index contributed by atoms with van der Waals surface area (Å²) in [4.78, 5) is 28.7. The van der Waals surface area contributed by atoms with Crippen LogP contribution in [0.1, 0.15) is 73.6 Å². The third-order valence-electron chi connectivity index (χ3n) is 9.85. The number of hydrogen-bond acceptors (Lipinski definition) is 9. The number of rotatable bonds is 10. The zero-order valence-electron chi connectivity index (χ0n) is 28.3. The maximum Gasteiger partial charge on any atom is 0.343 e. The summed E-state index contributed by atoms with van der Waals surface area (Å²) >= 11 is 6.46. The standard InChI is InChI=1S/C37H41ClFN7O3/c1-5-46(23(2)3)35(47)28-15-26(39)11-12-30(28)49-36-41-34(33(38)42-43-36)45-21-37(22-45)16-27(17-37)48-31-13-14-40-32-24(4)18-44(20-29(31)32)19-25-9-7-6-8-10-25/h6-15,23-24,27H,5,16-22H2,1-4H3. The van der Waals surface area contributed by atoms with Crippen molar-refractivity contribution in [3.05, 3.63) is 94.1 Å². The number of anilines is 1. The molecule has 4 heterocycles. The second-order valence-corrected chi connectivity index (χ2v) is 14.2. The number of hydrogen-bond donors (Lipinski definition) is 0. The van der Waals surface area contributed by atoms with Crippen LogP contribution in [0, 0.1) is 11.2 Å². The zero-order chi connectivity index (χ0) is 34.3. The van der Waals surface area contributed by atoms with Gasteiger partial charge in [-0.05, 0) is 63.4 Å². The number of carbonyl (C=O) groups excluding carboxylic acids is 1. The van der Waals surface area contributed by atoms with Crippen LogP contribution in [0.25, 0.3) is 0 Å². The fraction of sp³-hybridized carbons (Fsp3) is 0.432. The van der Waals surface area contributed by atoms with Gasteiger partial charge in [0.15, 0.2) is 11.0 Å². The van der Waals surface area contributed by atoms with E-state index in [1.807, 2.05) is 33.0 Å². The number of ether oxygens (including phenoxy) is 2. The van der Waals surface area contributed by atoms with Crippen molar-refractivity contribution in [1.82, 2.24) is 30.0 Å². The van der Waals surface area contributed by atoms with Gasteiger partial charge in [0.25, 0.3) is 5.91 Å². The van der Waals surface area contributed by atoms with Crippen LogP contribution in [0.2, 0.25) is 5.15 Å². The zero-order valence-corrected chi connectivity index (χ0v) is 29.0. The molecular weight excluding hydrogens is 645 g/mol. The summed E-state index contributed by atoms with van der Waals surface area (Å²) in [6, 6.07) is 16.3. The highest BCUT2D eigenvalue weighted by Crippen LogP contribution is 2.52. The van der Waals surface area contributed by atoms with Crippen molar-refractivity contribution < 1.29 is 18.7 Å². The van der Waals surface area contributed by atoms with Gasteiger partial charge in [-0.1, -0.05) is 54.0 Å². The van der Waals surface area contributed by atoms with Gasteiger partial charge in [0.1, 0.15) is 23.4 Å². The molecule has 1 saturated carbocycles. The average molecular weight is 686 g/mol. The number of aromatic nitrogens is 4. The molecule has 2 aromatic heterocycles. The highest BCUT2D eigenvalue weighted by atomic mass is 35.5. The summed E-state index contributed by atoms with van der Waals surface area (Å²) in [5.74, 6) is 0.991. The van der Waals surface area contributed by atoms with E-state index in [1.165, 1.54) is 29.3 Å². The smallest absolute Gasteiger partial charge is 0.343 e. The second kappa shape index (κ2) is 13.5. The molecule has 2 fully saturated rings. The lowest BCUT2D eigenvalue weighted by molar-refractivity contribution is -0.0353. The van der Waals surface area contributed by atoms with E-state index in [1.54, 1.807) is 4.90 Å². The van der Waals surface area contributed by atoms with Crippen molar-refractivity contribution in [1.29, 1.82) is 0 Å². The maximum absolute atomic E-state index is 14.2. The maximum atomic E-state index is 14.2. The topological polar surface area (TPSA) is 96.8 Å². The Bertz CT molecular complexity index is 1830. The number of nitrogens with zero attached hydrogens (tertiary/aromatic N) is 7. The predicted octanol–water partition coefficient (Wildman–Crippen LogP) is 6.89. The van der Waals surface area contributed by atoms with Crippen LogP contribution in [0.15, 0.2) is 60.8 Å². The highest BCUT2D eigenvalue weighted by molar-refractivity contribution is 6.31. The van der Waals surface area contributed by atoms with Crippen molar-refractivity contribution in [2.45, 2.75) is 71.7 Å². The fourth-order valence-corrected chi connectivity index (χ4v) is 7.74. The van der Waals surface area contributed by atoms with Crippen LogP contribution >= 0.6 is 11.6 Å². The molecule has 1 atom stereocenters. The van der Waals surface area contributed by atoms with Gasteiger partial charge in [0.2, 0.25) is 0 Å². The molecule has 2 aromatic carbocycles. The highest BCUT2D eigenvalue weighted by Gasteiger charge is 2.54. The Hall–Kier alpha value is -4.35. The Kier molecular flexibility index (Phi) is 9.15. The molecule has 1 saturated heterocycles. The van der Waals surface area contributed by atoms with E-state index in [0.29, 0.717) is 18.3 Å². The Morgan fingerprint density at radius 3 is 2.61 bits per heavy atom. The molecule has 4 aromatic rings. The number of pyridine rings is 1. The third-order valence-corrected chi connectivity index (χ3v) is 10.1. The van der Waals surface area contributed by atoms with E-state index in [4.69, 9.17) is 26.1 Å². The summed E-state index contributed by atoms with van der Waals surface area (Å²) in [6.07, 6.45) is 3.84. The minimum Gasteiger partial charge on any atom is -0.490 e. The Morgan fingerprint density at radius 1 is 1.10 bits per heavy atom. The molecule has 2 aliphatic heterocycles. The second-order valence-electron chi connectivity index (χ2n) is 13.9. The Labute approximate surface area is 291 Å².